The molecular weight excluding hydrogens is 479 g/mol. The molecule has 1 unspecified atom stereocenters. The van der Waals surface area contributed by atoms with E-state index < -0.39 is 11.9 Å². The lowest BCUT2D eigenvalue weighted by Crippen LogP contribution is -2.25. The van der Waals surface area contributed by atoms with Crippen LogP contribution in [0.3, 0.4) is 0 Å². The number of carbonyl (C=O) groups excluding carboxylic acids is 1. The summed E-state index contributed by atoms with van der Waals surface area (Å²) < 4.78 is 22.4. The molecule has 0 saturated carbocycles. The highest BCUT2D eigenvalue weighted by molar-refractivity contribution is 6.42. The third-order valence-corrected chi connectivity index (χ3v) is 5.82. The van der Waals surface area contributed by atoms with Gasteiger partial charge in [0.05, 0.1) is 34.8 Å². The Balaban J connectivity index is 1.99. The smallest absolute Gasteiger partial charge is 0.338 e. The van der Waals surface area contributed by atoms with Gasteiger partial charge in [-0.05, 0) is 56.2 Å². The van der Waals surface area contributed by atoms with Gasteiger partial charge in [-0.25, -0.2) is 4.79 Å². The van der Waals surface area contributed by atoms with E-state index in [2.05, 4.69) is 6.07 Å². The van der Waals surface area contributed by atoms with E-state index in [1.54, 1.807) is 44.2 Å². The normalized spacial score (nSPS) is 15.5. The summed E-state index contributed by atoms with van der Waals surface area (Å²) in [7, 11) is 0. The van der Waals surface area contributed by atoms with Gasteiger partial charge in [0.25, 0.3) is 0 Å². The largest absolute Gasteiger partial charge is 0.490 e. The lowest BCUT2D eigenvalue weighted by molar-refractivity contribution is -0.139. The van der Waals surface area contributed by atoms with Crippen LogP contribution >= 0.6 is 23.2 Å². The zero-order valence-corrected chi connectivity index (χ0v) is 20.5. The zero-order valence-electron chi connectivity index (χ0n) is 19.0. The fraction of sp³-hybridized carbons (Fsp3) is 0.280. The maximum absolute atomic E-state index is 12.7. The number of hydrogen-bond donors (Lipinski definition) is 1. The number of rotatable bonds is 8. The minimum Gasteiger partial charge on any atom is -0.490 e. The predicted octanol–water partition coefficient (Wildman–Crippen LogP) is 5.62. The predicted molar refractivity (Wildman–Crippen MR) is 128 cm³/mol. The molecule has 1 heterocycles. The summed E-state index contributed by atoms with van der Waals surface area (Å²) in [6.07, 6.45) is 0. The van der Waals surface area contributed by atoms with Crippen LogP contribution in [0.1, 0.15) is 37.8 Å². The molecule has 34 heavy (non-hydrogen) atoms. The van der Waals surface area contributed by atoms with E-state index in [0.717, 1.165) is 5.56 Å². The Kier molecular flexibility index (Phi) is 8.32. The molecule has 0 aromatic heterocycles. The summed E-state index contributed by atoms with van der Waals surface area (Å²) in [5, 5.41) is 10.7. The van der Waals surface area contributed by atoms with Crippen LogP contribution in [-0.2, 0) is 20.9 Å². The van der Waals surface area contributed by atoms with Crippen molar-refractivity contribution >= 4 is 29.2 Å². The summed E-state index contributed by atoms with van der Waals surface area (Å²) in [4.78, 5) is 12.7. The van der Waals surface area contributed by atoms with E-state index >= 15 is 0 Å². The van der Waals surface area contributed by atoms with Crippen LogP contribution in [0.25, 0.3) is 0 Å². The van der Waals surface area contributed by atoms with Gasteiger partial charge in [-0.1, -0.05) is 35.3 Å². The molecule has 0 bridgehead atoms. The summed E-state index contributed by atoms with van der Waals surface area (Å²) in [6.45, 7) is 5.94. The maximum Gasteiger partial charge on any atom is 0.338 e. The zero-order chi connectivity index (χ0) is 24.8. The van der Waals surface area contributed by atoms with Crippen LogP contribution in [0.5, 0.6) is 11.5 Å². The summed E-state index contributed by atoms with van der Waals surface area (Å²) in [5.74, 6) is -0.209. The van der Waals surface area contributed by atoms with Crippen molar-refractivity contribution in [1.29, 1.82) is 5.26 Å². The molecule has 2 aromatic carbocycles. The highest BCUT2D eigenvalue weighted by Crippen LogP contribution is 2.42. The van der Waals surface area contributed by atoms with E-state index in [4.69, 9.17) is 47.9 Å². The molecule has 2 aromatic rings. The topological polar surface area (TPSA) is 104 Å². The van der Waals surface area contributed by atoms with Crippen LogP contribution in [-0.4, -0.2) is 19.2 Å². The molecule has 0 radical (unpaired) electrons. The molecule has 3 rings (SSSR count). The van der Waals surface area contributed by atoms with Crippen LogP contribution < -0.4 is 15.2 Å². The van der Waals surface area contributed by atoms with E-state index in [1.165, 1.54) is 0 Å². The molecule has 0 spiro atoms. The standard InChI is InChI=1S/C25H24Cl2N2O5/c1-4-31-21-11-16(7-9-20(21)33-13-15-6-8-18(26)19(27)10-15)23-17(12-28)24(29)34-14(3)22(23)25(30)32-5-2/h6-11,23H,4-5,13,29H2,1-3H3. The molecule has 0 fully saturated rings. The van der Waals surface area contributed by atoms with Crippen molar-refractivity contribution in [1.82, 2.24) is 0 Å². The van der Waals surface area contributed by atoms with Gasteiger partial charge in [-0.2, -0.15) is 5.26 Å². The third kappa shape index (κ3) is 5.41. The van der Waals surface area contributed by atoms with Gasteiger partial charge >= 0.3 is 5.97 Å². The minimum absolute atomic E-state index is 0.0593. The van der Waals surface area contributed by atoms with E-state index in [1.807, 2.05) is 13.0 Å². The van der Waals surface area contributed by atoms with Gasteiger partial charge in [-0.15, -0.1) is 0 Å². The SMILES string of the molecule is CCOC(=O)C1=C(C)OC(N)=C(C#N)C1c1ccc(OCc2ccc(Cl)c(Cl)c2)c(OCC)c1. The second-order valence-electron chi connectivity index (χ2n) is 7.29. The first-order valence-corrected chi connectivity index (χ1v) is 11.3. The number of ether oxygens (including phenoxy) is 4. The van der Waals surface area contributed by atoms with Crippen molar-refractivity contribution in [2.24, 2.45) is 5.73 Å². The highest BCUT2D eigenvalue weighted by Gasteiger charge is 2.36. The molecule has 178 valence electrons. The Morgan fingerprint density at radius 3 is 2.50 bits per heavy atom. The summed E-state index contributed by atoms with van der Waals surface area (Å²) >= 11 is 12.1. The molecule has 1 aliphatic rings. The van der Waals surface area contributed by atoms with Crippen molar-refractivity contribution in [2.75, 3.05) is 13.2 Å². The number of nitrogens with zero attached hydrogens (tertiary/aromatic N) is 1. The average Bonchev–Trinajstić information content (AvgIpc) is 2.80. The number of carbonyl (C=O) groups is 1. The number of halogens is 2. The molecule has 0 amide bonds. The van der Waals surface area contributed by atoms with Gasteiger partial charge in [0, 0.05) is 0 Å². The molecule has 0 saturated heterocycles. The monoisotopic (exact) mass is 502 g/mol. The van der Waals surface area contributed by atoms with E-state index in [-0.39, 0.29) is 36.0 Å². The lowest BCUT2D eigenvalue weighted by atomic mass is 9.83. The number of benzene rings is 2. The number of nitriles is 1. The number of esters is 1. The molecule has 2 N–H and O–H groups in total. The highest BCUT2D eigenvalue weighted by atomic mass is 35.5. The number of allylic oxidation sites excluding steroid dienone is 2. The minimum atomic E-state index is -0.777. The van der Waals surface area contributed by atoms with Crippen LogP contribution in [0.4, 0.5) is 0 Å². The Morgan fingerprint density at radius 1 is 1.09 bits per heavy atom. The molecule has 9 heteroatoms. The van der Waals surface area contributed by atoms with Crippen molar-refractivity contribution in [3.63, 3.8) is 0 Å². The van der Waals surface area contributed by atoms with Crippen molar-refractivity contribution in [3.05, 3.63) is 80.4 Å². The third-order valence-electron chi connectivity index (χ3n) is 5.08. The molecule has 1 aliphatic heterocycles. The molecule has 7 nitrogen and oxygen atoms in total. The Labute approximate surface area is 208 Å². The fourth-order valence-corrected chi connectivity index (χ4v) is 3.89. The molecule has 1 atom stereocenters. The maximum atomic E-state index is 12.7. The fourth-order valence-electron chi connectivity index (χ4n) is 3.57. The van der Waals surface area contributed by atoms with Crippen LogP contribution in [0.2, 0.25) is 10.0 Å². The first-order chi connectivity index (χ1) is 16.3. The molecule has 0 aliphatic carbocycles. The van der Waals surface area contributed by atoms with Gasteiger partial charge in [0.2, 0.25) is 5.88 Å². The molecular formula is C25H24Cl2N2O5. The quantitative estimate of drug-likeness (QED) is 0.467. The van der Waals surface area contributed by atoms with Gasteiger partial charge in [-0.3, -0.25) is 0 Å². The average molecular weight is 503 g/mol. The second kappa shape index (κ2) is 11.2. The first-order valence-electron chi connectivity index (χ1n) is 10.6. The van der Waals surface area contributed by atoms with Crippen LogP contribution in [0.15, 0.2) is 59.2 Å². The Hall–Kier alpha value is -3.34. The number of hydrogen-bond acceptors (Lipinski definition) is 7. The Bertz CT molecular complexity index is 1200. The van der Waals surface area contributed by atoms with E-state index in [9.17, 15) is 10.1 Å². The van der Waals surface area contributed by atoms with Gasteiger partial charge < -0.3 is 24.7 Å². The number of nitrogens with two attached hydrogens (primary N) is 1. The van der Waals surface area contributed by atoms with Crippen molar-refractivity contribution in [3.8, 4) is 17.6 Å². The first kappa shape index (κ1) is 25.3. The summed E-state index contributed by atoms with van der Waals surface area (Å²) in [6, 6.07) is 12.5. The summed E-state index contributed by atoms with van der Waals surface area (Å²) in [5.41, 5.74) is 7.73. The second-order valence-corrected chi connectivity index (χ2v) is 8.11. The lowest BCUT2D eigenvalue weighted by Gasteiger charge is -2.27. The van der Waals surface area contributed by atoms with Gasteiger partial charge in [0.15, 0.2) is 11.5 Å². The van der Waals surface area contributed by atoms with Crippen molar-refractivity contribution < 1.29 is 23.7 Å². The van der Waals surface area contributed by atoms with Gasteiger partial charge in [0.1, 0.15) is 24.0 Å². The van der Waals surface area contributed by atoms with Crippen LogP contribution in [0, 0.1) is 11.3 Å². The van der Waals surface area contributed by atoms with Crippen molar-refractivity contribution in [2.45, 2.75) is 33.3 Å². The van der Waals surface area contributed by atoms with E-state index in [0.29, 0.717) is 33.7 Å². The Morgan fingerprint density at radius 2 is 1.85 bits per heavy atom.